The number of fused-ring (bicyclic) bond motifs is 1. The molecule has 0 N–H and O–H groups in total. The number of amides is 1. The number of ether oxygens (including phenoxy) is 1. The number of nitrogens with zero attached hydrogens (tertiary/aromatic N) is 1. The van der Waals surface area contributed by atoms with E-state index in [-0.39, 0.29) is 0 Å². The molecule has 0 unspecified atom stereocenters. The molecule has 2 rings (SSSR count). The monoisotopic (exact) mass is 233 g/mol. The van der Waals surface area contributed by atoms with E-state index >= 15 is 0 Å². The van der Waals surface area contributed by atoms with Crippen LogP contribution < -0.4 is 4.74 Å². The number of benzene rings is 1. The number of carbonyl (C=O) groups is 2. The first-order valence-corrected chi connectivity index (χ1v) is 5.16. The summed E-state index contributed by atoms with van der Waals surface area (Å²) in [6, 6.07) is 7.66. The second kappa shape index (κ2) is 6.48. The van der Waals surface area contributed by atoms with Gasteiger partial charge in [-0.2, -0.15) is 0 Å². The smallest absolute Gasteiger partial charge is 0.209 e. The van der Waals surface area contributed by atoms with Crippen LogP contribution in [0, 0.1) is 0 Å². The molecule has 0 atom stereocenters. The second-order valence-electron chi connectivity index (χ2n) is 3.73. The van der Waals surface area contributed by atoms with Gasteiger partial charge in [-0.3, -0.25) is 9.59 Å². The van der Waals surface area contributed by atoms with E-state index in [1.807, 2.05) is 30.3 Å². The van der Waals surface area contributed by atoms with Gasteiger partial charge in [-0.25, -0.2) is 0 Å². The zero-order valence-electron chi connectivity index (χ0n) is 9.92. The van der Waals surface area contributed by atoms with Gasteiger partial charge >= 0.3 is 0 Å². The summed E-state index contributed by atoms with van der Waals surface area (Å²) in [4.78, 5) is 21.3. The van der Waals surface area contributed by atoms with Crippen molar-refractivity contribution in [2.75, 3.05) is 20.7 Å². The molecule has 0 spiro atoms. The predicted molar refractivity (Wildman–Crippen MR) is 65.7 cm³/mol. The van der Waals surface area contributed by atoms with Crippen molar-refractivity contribution in [1.29, 1.82) is 0 Å². The van der Waals surface area contributed by atoms with Crippen LogP contribution in [-0.2, 0) is 9.59 Å². The molecule has 1 aliphatic heterocycles. The van der Waals surface area contributed by atoms with Crippen LogP contribution in [0.1, 0.15) is 5.56 Å². The summed E-state index contributed by atoms with van der Waals surface area (Å²) in [5.41, 5.74) is 1.67. The van der Waals surface area contributed by atoms with Crippen LogP contribution in [0.5, 0.6) is 5.75 Å². The van der Waals surface area contributed by atoms with E-state index in [9.17, 15) is 9.59 Å². The molecule has 1 aromatic rings. The van der Waals surface area contributed by atoms with Crippen LogP contribution in [0.4, 0.5) is 0 Å². The number of hydrogen-bond acceptors (Lipinski definition) is 3. The minimum atomic E-state index is 0.389. The third-order valence-electron chi connectivity index (χ3n) is 2.02. The third-order valence-corrected chi connectivity index (χ3v) is 2.02. The fourth-order valence-corrected chi connectivity index (χ4v) is 1.20. The third kappa shape index (κ3) is 4.10. The number of carbonyl (C=O) groups excluding carboxylic acids is 2. The van der Waals surface area contributed by atoms with Crippen molar-refractivity contribution < 1.29 is 14.3 Å². The van der Waals surface area contributed by atoms with E-state index in [4.69, 9.17) is 4.74 Å². The summed E-state index contributed by atoms with van der Waals surface area (Å²) < 4.78 is 5.33. The van der Waals surface area contributed by atoms with Gasteiger partial charge < -0.3 is 9.64 Å². The maximum Gasteiger partial charge on any atom is 0.209 e. The highest BCUT2D eigenvalue weighted by molar-refractivity contribution is 5.84. The summed E-state index contributed by atoms with van der Waals surface area (Å²) in [5, 5.41) is 0. The van der Waals surface area contributed by atoms with Gasteiger partial charge in [0.1, 0.15) is 18.6 Å². The Morgan fingerprint density at radius 1 is 1.24 bits per heavy atom. The van der Waals surface area contributed by atoms with E-state index in [1.54, 1.807) is 14.1 Å². The van der Waals surface area contributed by atoms with E-state index in [2.05, 4.69) is 0 Å². The molecule has 0 aromatic heterocycles. The Morgan fingerprint density at radius 2 is 1.88 bits per heavy atom. The Hall–Kier alpha value is -2.10. The van der Waals surface area contributed by atoms with E-state index in [1.165, 1.54) is 4.90 Å². The minimum Gasteiger partial charge on any atom is -0.488 e. The molecule has 1 aliphatic rings. The largest absolute Gasteiger partial charge is 0.488 e. The lowest BCUT2D eigenvalue weighted by atomic mass is 10.1. The van der Waals surface area contributed by atoms with Crippen molar-refractivity contribution in [3.05, 3.63) is 35.4 Å². The van der Waals surface area contributed by atoms with Gasteiger partial charge in [0.15, 0.2) is 0 Å². The Morgan fingerprint density at radius 3 is 2.47 bits per heavy atom. The van der Waals surface area contributed by atoms with Crippen molar-refractivity contribution in [3.8, 4) is 5.75 Å². The molecule has 4 nitrogen and oxygen atoms in total. The van der Waals surface area contributed by atoms with Gasteiger partial charge in [0, 0.05) is 25.2 Å². The molecule has 0 bridgehead atoms. The summed E-state index contributed by atoms with van der Waals surface area (Å²) in [6.07, 6.45) is 3.43. The molecule has 17 heavy (non-hydrogen) atoms. The van der Waals surface area contributed by atoms with Crippen LogP contribution in [0.3, 0.4) is 0 Å². The highest BCUT2D eigenvalue weighted by Crippen LogP contribution is 2.24. The fraction of sp³-hybridized carbons (Fsp3) is 0.231. The maximum atomic E-state index is 10.4. The van der Waals surface area contributed by atoms with Crippen molar-refractivity contribution >= 4 is 18.8 Å². The van der Waals surface area contributed by atoms with Gasteiger partial charge in [0.25, 0.3) is 0 Å². The normalized spacial score (nSPS) is 12.0. The zero-order chi connectivity index (χ0) is 12.7. The zero-order valence-corrected chi connectivity index (χ0v) is 9.92. The maximum absolute atomic E-state index is 10.4. The lowest BCUT2D eigenvalue weighted by molar-refractivity contribution is -0.115. The average molecular weight is 233 g/mol. The second-order valence-corrected chi connectivity index (χ2v) is 3.73. The molecule has 0 aliphatic carbocycles. The Labute approximate surface area is 100 Å². The van der Waals surface area contributed by atoms with Gasteiger partial charge in [0.2, 0.25) is 6.41 Å². The summed E-state index contributed by atoms with van der Waals surface area (Å²) in [5.74, 6) is 0.850. The quantitative estimate of drug-likeness (QED) is 0.725. The van der Waals surface area contributed by atoms with Crippen LogP contribution in [0.2, 0.25) is 0 Å². The number of hydrogen-bond donors (Lipinski definition) is 0. The van der Waals surface area contributed by atoms with Gasteiger partial charge in [-0.15, -0.1) is 0 Å². The fourth-order valence-electron chi connectivity index (χ4n) is 1.20. The van der Waals surface area contributed by atoms with Crippen LogP contribution in [0.15, 0.2) is 29.8 Å². The molecule has 1 heterocycles. The van der Waals surface area contributed by atoms with Crippen molar-refractivity contribution in [2.45, 2.75) is 0 Å². The molecular formula is C13H15NO3. The molecule has 0 radical (unpaired) electrons. The average Bonchev–Trinajstić information content (AvgIpc) is 2.38. The van der Waals surface area contributed by atoms with E-state index < -0.39 is 0 Å². The number of aldehydes is 1. The topological polar surface area (TPSA) is 46.6 Å². The molecule has 0 saturated carbocycles. The molecular weight excluding hydrogens is 218 g/mol. The van der Waals surface area contributed by atoms with Gasteiger partial charge in [-0.05, 0) is 12.1 Å². The summed E-state index contributed by atoms with van der Waals surface area (Å²) in [7, 11) is 3.38. The number of para-hydroxylation sites is 1. The lowest BCUT2D eigenvalue weighted by Gasteiger charge is -2.13. The molecule has 0 fully saturated rings. The Balaban J connectivity index is 0.000000249. The first-order valence-electron chi connectivity index (χ1n) is 5.16. The highest BCUT2D eigenvalue weighted by atomic mass is 16.5. The number of rotatable bonds is 2. The summed E-state index contributed by atoms with van der Waals surface area (Å²) in [6.45, 7) is 0.389. The SMILES string of the molecule is CN(C)C=O.O=CC1=Cc2ccccc2OC1. The van der Waals surface area contributed by atoms with Crippen molar-refractivity contribution in [3.63, 3.8) is 0 Å². The van der Waals surface area contributed by atoms with Crippen molar-refractivity contribution in [1.82, 2.24) is 4.90 Å². The first kappa shape index (κ1) is 13.0. The highest BCUT2D eigenvalue weighted by Gasteiger charge is 2.08. The van der Waals surface area contributed by atoms with E-state index in [0.717, 1.165) is 24.0 Å². The lowest BCUT2D eigenvalue weighted by Crippen LogP contribution is -2.07. The van der Waals surface area contributed by atoms with Gasteiger partial charge in [-0.1, -0.05) is 18.2 Å². The van der Waals surface area contributed by atoms with Crippen LogP contribution >= 0.6 is 0 Å². The van der Waals surface area contributed by atoms with Crippen LogP contribution in [-0.4, -0.2) is 38.3 Å². The Kier molecular flexibility index (Phi) is 4.94. The molecule has 1 aromatic carbocycles. The predicted octanol–water partition coefficient (Wildman–Crippen LogP) is 1.37. The minimum absolute atomic E-state index is 0.389. The molecule has 4 heteroatoms. The molecule has 0 saturated heterocycles. The molecule has 1 amide bonds. The van der Waals surface area contributed by atoms with Gasteiger partial charge in [0.05, 0.1) is 0 Å². The summed E-state index contributed by atoms with van der Waals surface area (Å²) >= 11 is 0. The van der Waals surface area contributed by atoms with Crippen LogP contribution in [0.25, 0.3) is 6.08 Å². The first-order chi connectivity index (χ1) is 8.17. The Bertz CT molecular complexity index is 424. The molecule has 90 valence electrons. The van der Waals surface area contributed by atoms with E-state index in [0.29, 0.717) is 12.2 Å². The standard InChI is InChI=1S/C10H8O2.C3H7NO/c11-6-8-5-9-3-1-2-4-10(9)12-7-8;1-4(2)3-5/h1-6H,7H2;3H,1-2H3. The van der Waals surface area contributed by atoms with Crippen molar-refractivity contribution in [2.24, 2.45) is 0 Å².